The van der Waals surface area contributed by atoms with Gasteiger partial charge in [0.2, 0.25) is 5.91 Å². The molecule has 4 heteroatoms. The predicted octanol–water partition coefficient (Wildman–Crippen LogP) is 3.47. The maximum absolute atomic E-state index is 12.2. The number of nitrogens with zero attached hydrogens (tertiary/aromatic N) is 1. The summed E-state index contributed by atoms with van der Waals surface area (Å²) < 4.78 is 0. The van der Waals surface area contributed by atoms with Crippen LogP contribution in [0.1, 0.15) is 38.2 Å². The number of likely N-dealkylation sites (N-methyl/N-ethyl adjacent to an activating group) is 1. The highest BCUT2D eigenvalue weighted by Gasteiger charge is 2.23. The molecule has 1 fully saturated rings. The lowest BCUT2D eigenvalue weighted by Gasteiger charge is -2.30. The highest BCUT2D eigenvalue weighted by Crippen LogP contribution is 2.23. The number of amides is 1. The summed E-state index contributed by atoms with van der Waals surface area (Å²) in [6.45, 7) is 3.33. The molecular weight excluding hydrogens is 284 g/mol. The average molecular weight is 309 g/mol. The molecule has 1 aromatic carbocycles. The fourth-order valence-electron chi connectivity index (χ4n) is 3.00. The highest BCUT2D eigenvalue weighted by molar-refractivity contribution is 6.31. The van der Waals surface area contributed by atoms with E-state index >= 15 is 0 Å². The van der Waals surface area contributed by atoms with Crippen LogP contribution >= 0.6 is 11.6 Å². The molecule has 0 bridgehead atoms. The van der Waals surface area contributed by atoms with E-state index in [0.29, 0.717) is 25.0 Å². The zero-order chi connectivity index (χ0) is 15.2. The van der Waals surface area contributed by atoms with Crippen LogP contribution in [0.2, 0.25) is 5.02 Å². The van der Waals surface area contributed by atoms with Gasteiger partial charge in [0.15, 0.2) is 0 Å². The van der Waals surface area contributed by atoms with Gasteiger partial charge in [-0.15, -0.1) is 0 Å². The lowest BCUT2D eigenvalue weighted by Crippen LogP contribution is -2.44. The summed E-state index contributed by atoms with van der Waals surface area (Å²) in [5.74, 6) is 0.708. The van der Waals surface area contributed by atoms with Crippen molar-refractivity contribution in [3.8, 4) is 0 Å². The second-order valence-corrected chi connectivity index (χ2v) is 6.61. The minimum absolute atomic E-state index is 0.114. The second-order valence-electron chi connectivity index (χ2n) is 6.20. The number of benzene rings is 1. The third-order valence-corrected chi connectivity index (χ3v) is 4.64. The quantitative estimate of drug-likeness (QED) is 0.903. The van der Waals surface area contributed by atoms with E-state index in [0.717, 1.165) is 17.0 Å². The van der Waals surface area contributed by atoms with Crippen molar-refractivity contribution in [3.05, 3.63) is 34.9 Å². The summed E-state index contributed by atoms with van der Waals surface area (Å²) >= 11 is 6.15. The third-order valence-electron chi connectivity index (χ3n) is 4.27. The molecule has 3 nitrogen and oxygen atoms in total. The molecule has 1 saturated carbocycles. The van der Waals surface area contributed by atoms with Gasteiger partial charge in [-0.1, -0.05) is 49.6 Å². The standard InChI is InChI=1S/C17H25ClN2O/c1-13-7-3-6-10-16(13)19-17(21)12-20(2)11-14-8-4-5-9-15(14)18/h4-5,8-9,13,16H,3,6-7,10-12H2,1-2H3,(H,19,21)/t13-,16-/m0/s1. The fourth-order valence-corrected chi connectivity index (χ4v) is 3.20. The average Bonchev–Trinajstić information content (AvgIpc) is 2.44. The normalized spacial score (nSPS) is 22.3. The van der Waals surface area contributed by atoms with Crippen molar-refractivity contribution in [3.63, 3.8) is 0 Å². The molecule has 0 saturated heterocycles. The smallest absolute Gasteiger partial charge is 0.234 e. The van der Waals surface area contributed by atoms with E-state index in [1.807, 2.05) is 36.2 Å². The van der Waals surface area contributed by atoms with E-state index in [2.05, 4.69) is 12.2 Å². The van der Waals surface area contributed by atoms with E-state index in [1.165, 1.54) is 19.3 Å². The van der Waals surface area contributed by atoms with Crippen LogP contribution in [-0.2, 0) is 11.3 Å². The monoisotopic (exact) mass is 308 g/mol. The number of carbonyl (C=O) groups is 1. The third kappa shape index (κ3) is 5.01. The first-order valence-corrected chi connectivity index (χ1v) is 8.15. The van der Waals surface area contributed by atoms with Crippen molar-refractivity contribution in [2.45, 2.75) is 45.2 Å². The molecule has 2 atom stereocenters. The molecule has 1 aliphatic rings. The Morgan fingerprint density at radius 1 is 1.33 bits per heavy atom. The molecule has 1 aliphatic carbocycles. The van der Waals surface area contributed by atoms with Crippen LogP contribution in [0.4, 0.5) is 0 Å². The molecule has 0 heterocycles. The van der Waals surface area contributed by atoms with Crippen molar-refractivity contribution in [2.75, 3.05) is 13.6 Å². The van der Waals surface area contributed by atoms with Crippen LogP contribution in [0, 0.1) is 5.92 Å². The number of hydrogen-bond acceptors (Lipinski definition) is 2. The predicted molar refractivity (Wildman–Crippen MR) is 87.3 cm³/mol. The Kier molecular flexibility index (Phi) is 6.07. The Bertz CT molecular complexity index is 478. The summed E-state index contributed by atoms with van der Waals surface area (Å²) in [4.78, 5) is 14.2. The second kappa shape index (κ2) is 7.81. The Morgan fingerprint density at radius 3 is 2.76 bits per heavy atom. The lowest BCUT2D eigenvalue weighted by molar-refractivity contribution is -0.123. The number of halogens is 1. The molecule has 0 aromatic heterocycles. The first-order valence-electron chi connectivity index (χ1n) is 7.77. The molecule has 0 spiro atoms. The minimum Gasteiger partial charge on any atom is -0.352 e. The first-order chi connectivity index (χ1) is 10.1. The van der Waals surface area contributed by atoms with Gasteiger partial charge in [0.05, 0.1) is 6.54 Å². The zero-order valence-corrected chi connectivity index (χ0v) is 13.7. The summed E-state index contributed by atoms with van der Waals surface area (Å²) in [5, 5.41) is 3.94. The summed E-state index contributed by atoms with van der Waals surface area (Å²) in [5.41, 5.74) is 1.06. The zero-order valence-electron chi connectivity index (χ0n) is 12.9. The van der Waals surface area contributed by atoms with Crippen LogP contribution in [0.25, 0.3) is 0 Å². The van der Waals surface area contributed by atoms with Crippen molar-refractivity contribution in [1.29, 1.82) is 0 Å². The minimum atomic E-state index is 0.114. The molecule has 0 radical (unpaired) electrons. The summed E-state index contributed by atoms with van der Waals surface area (Å²) in [6, 6.07) is 8.12. The molecule has 2 rings (SSSR count). The van der Waals surface area contributed by atoms with Crippen LogP contribution in [0.5, 0.6) is 0 Å². The summed E-state index contributed by atoms with van der Waals surface area (Å²) in [7, 11) is 1.95. The van der Waals surface area contributed by atoms with Gasteiger partial charge in [-0.05, 0) is 37.4 Å². The van der Waals surface area contributed by atoms with Gasteiger partial charge in [0.1, 0.15) is 0 Å². The van der Waals surface area contributed by atoms with E-state index in [9.17, 15) is 4.79 Å². The molecular formula is C17H25ClN2O. The Balaban J connectivity index is 1.80. The van der Waals surface area contributed by atoms with Crippen LogP contribution < -0.4 is 5.32 Å². The van der Waals surface area contributed by atoms with Gasteiger partial charge in [-0.2, -0.15) is 0 Å². The number of hydrogen-bond donors (Lipinski definition) is 1. The lowest BCUT2D eigenvalue weighted by atomic mass is 9.86. The first kappa shape index (κ1) is 16.3. The Morgan fingerprint density at radius 2 is 2.05 bits per heavy atom. The Hall–Kier alpha value is -1.06. The molecule has 0 aliphatic heterocycles. The van der Waals surface area contributed by atoms with Gasteiger partial charge >= 0.3 is 0 Å². The van der Waals surface area contributed by atoms with Crippen molar-refractivity contribution >= 4 is 17.5 Å². The number of carbonyl (C=O) groups excluding carboxylic acids is 1. The van der Waals surface area contributed by atoms with Crippen LogP contribution in [0.15, 0.2) is 24.3 Å². The molecule has 1 aromatic rings. The maximum atomic E-state index is 12.2. The largest absolute Gasteiger partial charge is 0.352 e. The van der Waals surface area contributed by atoms with Gasteiger partial charge in [-0.3, -0.25) is 9.69 Å². The maximum Gasteiger partial charge on any atom is 0.234 e. The fraction of sp³-hybridized carbons (Fsp3) is 0.588. The molecule has 0 unspecified atom stereocenters. The van der Waals surface area contributed by atoms with Gasteiger partial charge in [0.25, 0.3) is 0 Å². The van der Waals surface area contributed by atoms with E-state index < -0.39 is 0 Å². The van der Waals surface area contributed by atoms with Crippen molar-refractivity contribution < 1.29 is 4.79 Å². The van der Waals surface area contributed by atoms with E-state index in [-0.39, 0.29) is 5.91 Å². The highest BCUT2D eigenvalue weighted by atomic mass is 35.5. The molecule has 116 valence electrons. The number of rotatable bonds is 5. The van der Waals surface area contributed by atoms with E-state index in [4.69, 9.17) is 11.6 Å². The van der Waals surface area contributed by atoms with Gasteiger partial charge in [0, 0.05) is 17.6 Å². The molecule has 1 N–H and O–H groups in total. The topological polar surface area (TPSA) is 32.3 Å². The van der Waals surface area contributed by atoms with Crippen molar-refractivity contribution in [2.24, 2.45) is 5.92 Å². The molecule has 21 heavy (non-hydrogen) atoms. The van der Waals surface area contributed by atoms with Crippen molar-refractivity contribution in [1.82, 2.24) is 10.2 Å². The van der Waals surface area contributed by atoms with Crippen LogP contribution in [0.3, 0.4) is 0 Å². The van der Waals surface area contributed by atoms with Gasteiger partial charge in [-0.25, -0.2) is 0 Å². The Labute approximate surface area is 132 Å². The molecule has 1 amide bonds. The van der Waals surface area contributed by atoms with E-state index in [1.54, 1.807) is 0 Å². The summed E-state index contributed by atoms with van der Waals surface area (Å²) in [6.07, 6.45) is 4.85. The number of nitrogens with one attached hydrogen (secondary N) is 1. The van der Waals surface area contributed by atoms with Crippen LogP contribution in [-0.4, -0.2) is 30.4 Å². The van der Waals surface area contributed by atoms with Gasteiger partial charge < -0.3 is 5.32 Å². The SMILES string of the molecule is C[C@H]1CCCC[C@@H]1NC(=O)CN(C)Cc1ccccc1Cl.